The molecule has 0 aromatic carbocycles. The molecule has 0 aromatic rings. The highest BCUT2D eigenvalue weighted by Gasteiger charge is 2.58. The van der Waals surface area contributed by atoms with Gasteiger partial charge in [0, 0.05) is 27.8 Å². The second-order valence-corrected chi connectivity index (χ2v) is 9.22. The van der Waals surface area contributed by atoms with E-state index in [0.29, 0.717) is 13.0 Å². The summed E-state index contributed by atoms with van der Waals surface area (Å²) in [5.74, 6) is 0.247. The van der Waals surface area contributed by atoms with Crippen LogP contribution in [0.15, 0.2) is 0 Å². The zero-order chi connectivity index (χ0) is 15.1. The van der Waals surface area contributed by atoms with Crippen molar-refractivity contribution < 1.29 is 18.4 Å². The first-order valence-electron chi connectivity index (χ1n) is 7.41. The number of methoxy groups -OCH3 is 1. The van der Waals surface area contributed by atoms with Gasteiger partial charge in [0.25, 0.3) is 0 Å². The van der Waals surface area contributed by atoms with Gasteiger partial charge in [-0.1, -0.05) is 12.8 Å². The largest absolute Gasteiger partial charge is 0.396 e. The van der Waals surface area contributed by atoms with Crippen LogP contribution in [0, 0.1) is 0 Å². The smallest absolute Gasteiger partial charge is 0.370 e. The van der Waals surface area contributed by atoms with E-state index in [1.165, 1.54) is 0 Å². The van der Waals surface area contributed by atoms with Gasteiger partial charge in [0.05, 0.1) is 6.54 Å². The van der Waals surface area contributed by atoms with E-state index in [4.69, 9.17) is 13.6 Å². The van der Waals surface area contributed by atoms with Gasteiger partial charge < -0.3 is 18.9 Å². The first-order valence-corrected chi connectivity index (χ1v) is 9.44. The molecule has 1 atom stereocenters. The Bertz CT molecular complexity index is 310. The topological polar surface area (TPSA) is 56.8 Å². The standard InChI is InChI=1S/C14H29NO4Si/c1-15-12-13(16)8-7-10-14(17-2)9-5-6-11-20(14,18-3)19-4/h15H,5-12H2,1-4H3. The monoisotopic (exact) mass is 303 g/mol. The highest BCUT2D eigenvalue weighted by atomic mass is 28.4. The lowest BCUT2D eigenvalue weighted by Crippen LogP contribution is -2.64. The number of ketones is 1. The third kappa shape index (κ3) is 3.68. The molecule has 1 unspecified atom stereocenters. The summed E-state index contributed by atoms with van der Waals surface area (Å²) in [5, 5.41) is 2.59. The normalized spacial score (nSPS) is 25.6. The molecule has 0 aliphatic carbocycles. The maximum atomic E-state index is 11.6. The Morgan fingerprint density at radius 2 is 1.95 bits per heavy atom. The molecule has 5 nitrogen and oxygen atoms in total. The van der Waals surface area contributed by atoms with Crippen LogP contribution in [-0.4, -0.2) is 54.5 Å². The van der Waals surface area contributed by atoms with E-state index in [9.17, 15) is 4.79 Å². The molecule has 1 rings (SSSR count). The van der Waals surface area contributed by atoms with E-state index in [1.807, 2.05) is 0 Å². The van der Waals surface area contributed by atoms with E-state index in [2.05, 4.69) is 5.32 Å². The van der Waals surface area contributed by atoms with Gasteiger partial charge in [-0.25, -0.2) is 0 Å². The van der Waals surface area contributed by atoms with E-state index in [0.717, 1.165) is 38.1 Å². The first kappa shape index (κ1) is 17.8. The molecule has 0 bridgehead atoms. The third-order valence-corrected chi connectivity index (χ3v) is 8.91. The Morgan fingerprint density at radius 3 is 2.50 bits per heavy atom. The lowest BCUT2D eigenvalue weighted by Gasteiger charge is -2.48. The summed E-state index contributed by atoms with van der Waals surface area (Å²) in [6.45, 7) is 0.442. The fraction of sp³-hybridized carbons (Fsp3) is 0.929. The van der Waals surface area contributed by atoms with E-state index >= 15 is 0 Å². The van der Waals surface area contributed by atoms with Crippen molar-refractivity contribution in [3.8, 4) is 0 Å². The third-order valence-electron chi connectivity index (χ3n) is 4.49. The molecule has 1 N–H and O–H groups in total. The number of Topliss-reactive ketones (excluding diaryl/α,β-unsaturated/α-hetero) is 1. The molecule has 0 aromatic heterocycles. The van der Waals surface area contributed by atoms with Crippen LogP contribution in [-0.2, 0) is 18.4 Å². The Kier molecular flexibility index (Phi) is 7.32. The van der Waals surface area contributed by atoms with Crippen LogP contribution >= 0.6 is 0 Å². The molecular formula is C14H29NO4Si. The molecule has 6 heteroatoms. The number of ether oxygens (including phenoxy) is 1. The fourth-order valence-electron chi connectivity index (χ4n) is 3.38. The SMILES string of the molecule is CNCC(=O)CCCC1(OC)CCCC[Si]1(OC)OC. The van der Waals surface area contributed by atoms with Crippen molar-refractivity contribution >= 4 is 14.3 Å². The van der Waals surface area contributed by atoms with Crippen molar-refractivity contribution in [2.45, 2.75) is 49.8 Å². The summed E-state index contributed by atoms with van der Waals surface area (Å²) < 4.78 is 17.6. The molecular weight excluding hydrogens is 274 g/mol. The van der Waals surface area contributed by atoms with Gasteiger partial charge in [0.2, 0.25) is 0 Å². The second-order valence-electron chi connectivity index (χ2n) is 5.49. The van der Waals surface area contributed by atoms with Gasteiger partial charge in [-0.2, -0.15) is 0 Å². The van der Waals surface area contributed by atoms with E-state index in [1.54, 1.807) is 28.4 Å². The lowest BCUT2D eigenvalue weighted by molar-refractivity contribution is -0.118. The summed E-state index contributed by atoms with van der Waals surface area (Å²) in [6, 6.07) is 0.971. The lowest BCUT2D eigenvalue weighted by atomic mass is 10.0. The van der Waals surface area contributed by atoms with Crippen molar-refractivity contribution in [1.29, 1.82) is 0 Å². The number of likely N-dealkylation sites (N-methyl/N-ethyl adjacent to an activating group) is 1. The van der Waals surface area contributed by atoms with Gasteiger partial charge in [-0.3, -0.25) is 4.79 Å². The number of carbonyl (C=O) groups excluding carboxylic acids is 1. The van der Waals surface area contributed by atoms with E-state index < -0.39 is 8.56 Å². The Balaban J connectivity index is 2.70. The molecule has 0 spiro atoms. The molecule has 20 heavy (non-hydrogen) atoms. The number of hydrogen-bond donors (Lipinski definition) is 1. The molecule has 1 aliphatic heterocycles. The molecule has 1 heterocycles. The van der Waals surface area contributed by atoms with Crippen LogP contribution in [0.25, 0.3) is 0 Å². The number of carbonyl (C=O) groups is 1. The Hall–Kier alpha value is -0.273. The number of hydrogen-bond acceptors (Lipinski definition) is 5. The summed E-state index contributed by atoms with van der Waals surface area (Å²) in [7, 11) is 4.67. The minimum Gasteiger partial charge on any atom is -0.396 e. The predicted molar refractivity (Wildman–Crippen MR) is 81.0 cm³/mol. The maximum Gasteiger partial charge on any atom is 0.370 e. The minimum atomic E-state index is -2.35. The molecule has 0 amide bonds. The van der Waals surface area contributed by atoms with Crippen molar-refractivity contribution in [1.82, 2.24) is 5.32 Å². The summed E-state index contributed by atoms with van der Waals surface area (Å²) in [5.41, 5.74) is 0. The summed E-state index contributed by atoms with van der Waals surface area (Å²) >= 11 is 0. The van der Waals surface area contributed by atoms with E-state index in [-0.39, 0.29) is 11.0 Å². The average Bonchev–Trinajstić information content (AvgIpc) is 2.48. The van der Waals surface area contributed by atoms with Crippen LogP contribution < -0.4 is 5.32 Å². The zero-order valence-electron chi connectivity index (χ0n) is 13.3. The van der Waals surface area contributed by atoms with Gasteiger partial charge >= 0.3 is 8.56 Å². The fourth-order valence-corrected chi connectivity index (χ4v) is 7.29. The molecule has 0 saturated carbocycles. The first-order chi connectivity index (χ1) is 9.59. The highest BCUT2D eigenvalue weighted by molar-refractivity contribution is 6.70. The van der Waals surface area contributed by atoms with Crippen molar-refractivity contribution in [2.24, 2.45) is 0 Å². The second kappa shape index (κ2) is 8.24. The van der Waals surface area contributed by atoms with Crippen LogP contribution in [0.4, 0.5) is 0 Å². The summed E-state index contributed by atoms with van der Waals surface area (Å²) in [4.78, 5) is 11.6. The molecule has 1 saturated heterocycles. The van der Waals surface area contributed by atoms with Crippen molar-refractivity contribution in [2.75, 3.05) is 34.9 Å². The van der Waals surface area contributed by atoms with Crippen LogP contribution in [0.1, 0.15) is 38.5 Å². The number of nitrogens with one attached hydrogen (secondary N) is 1. The van der Waals surface area contributed by atoms with Gasteiger partial charge in [0.1, 0.15) is 11.0 Å². The van der Waals surface area contributed by atoms with Gasteiger partial charge in [0.15, 0.2) is 0 Å². The van der Waals surface area contributed by atoms with Crippen molar-refractivity contribution in [3.63, 3.8) is 0 Å². The highest BCUT2D eigenvalue weighted by Crippen LogP contribution is 2.42. The number of rotatable bonds is 9. The molecule has 1 fully saturated rings. The van der Waals surface area contributed by atoms with Crippen LogP contribution in [0.5, 0.6) is 0 Å². The van der Waals surface area contributed by atoms with Gasteiger partial charge in [-0.05, 0) is 32.4 Å². The zero-order valence-corrected chi connectivity index (χ0v) is 14.3. The molecule has 1 aliphatic rings. The van der Waals surface area contributed by atoms with Crippen LogP contribution in [0.2, 0.25) is 6.04 Å². The average molecular weight is 303 g/mol. The molecule has 118 valence electrons. The maximum absolute atomic E-state index is 11.6. The predicted octanol–water partition coefficient (Wildman–Crippen LogP) is 1.79. The Labute approximate surface area is 123 Å². The van der Waals surface area contributed by atoms with Crippen molar-refractivity contribution in [3.05, 3.63) is 0 Å². The minimum absolute atomic E-state index is 0.247. The molecule has 0 radical (unpaired) electrons. The Morgan fingerprint density at radius 1 is 1.25 bits per heavy atom. The van der Waals surface area contributed by atoms with Gasteiger partial charge in [-0.15, -0.1) is 0 Å². The quantitative estimate of drug-likeness (QED) is 0.658. The van der Waals surface area contributed by atoms with Crippen LogP contribution in [0.3, 0.4) is 0 Å². The summed E-state index contributed by atoms with van der Waals surface area (Å²) in [6.07, 6.45) is 5.50.